The van der Waals surface area contributed by atoms with Crippen molar-refractivity contribution in [1.82, 2.24) is 15.1 Å². The van der Waals surface area contributed by atoms with Crippen molar-refractivity contribution >= 4 is 37.2 Å². The minimum atomic E-state index is 0. The van der Waals surface area contributed by atoms with E-state index in [0.29, 0.717) is 0 Å². The van der Waals surface area contributed by atoms with E-state index in [1.165, 1.54) is 65.1 Å². The van der Waals surface area contributed by atoms with Crippen molar-refractivity contribution in [2.45, 2.75) is 32.2 Å². The molecule has 2 heterocycles. The van der Waals surface area contributed by atoms with Crippen molar-refractivity contribution in [1.29, 1.82) is 0 Å². The smallest absolute Gasteiger partial charge is 0.0120 e. The molecule has 0 aromatic carbocycles. The molecule has 0 aromatic rings. The number of hydrogen-bond acceptors (Lipinski definition) is 3. The van der Waals surface area contributed by atoms with Gasteiger partial charge in [0.25, 0.3) is 0 Å². The molecule has 2 aliphatic heterocycles. The summed E-state index contributed by atoms with van der Waals surface area (Å²) in [6.45, 7) is 11.2. The Morgan fingerprint density at radius 2 is 1.50 bits per heavy atom. The second kappa shape index (κ2) is 11.6. The van der Waals surface area contributed by atoms with Gasteiger partial charge in [0, 0.05) is 32.2 Å². The second-order valence-electron chi connectivity index (χ2n) is 4.86. The summed E-state index contributed by atoms with van der Waals surface area (Å²) in [6, 6.07) is 0.870. The topological polar surface area (TPSA) is 18.5 Å². The van der Waals surface area contributed by atoms with Crippen LogP contribution in [0, 0.1) is 0 Å². The summed E-state index contributed by atoms with van der Waals surface area (Å²) in [5.74, 6) is 0. The molecule has 0 saturated carbocycles. The lowest BCUT2D eigenvalue weighted by Gasteiger charge is -2.40. The van der Waals surface area contributed by atoms with Crippen LogP contribution in [0.1, 0.15) is 26.2 Å². The summed E-state index contributed by atoms with van der Waals surface area (Å²) < 4.78 is 0. The van der Waals surface area contributed by atoms with Crippen LogP contribution in [0.4, 0.5) is 0 Å². The first kappa shape index (κ1) is 21.1. The van der Waals surface area contributed by atoms with Gasteiger partial charge in [-0.25, -0.2) is 0 Å². The highest BCUT2D eigenvalue weighted by Crippen LogP contribution is 2.14. The molecule has 112 valence electrons. The molecule has 1 N–H and O–H groups in total. The van der Waals surface area contributed by atoms with Gasteiger partial charge in [-0.15, -0.1) is 37.2 Å². The van der Waals surface area contributed by atoms with E-state index in [4.69, 9.17) is 0 Å². The van der Waals surface area contributed by atoms with Gasteiger partial charge < -0.3 is 10.2 Å². The highest BCUT2D eigenvalue weighted by molar-refractivity contribution is 5.86. The van der Waals surface area contributed by atoms with Crippen molar-refractivity contribution in [2.75, 3.05) is 45.8 Å². The summed E-state index contributed by atoms with van der Waals surface area (Å²) in [6.07, 6.45) is 4.01. The predicted molar refractivity (Wildman–Crippen MR) is 85.9 cm³/mol. The fourth-order valence-electron chi connectivity index (χ4n) is 2.84. The summed E-state index contributed by atoms with van der Waals surface area (Å²) in [4.78, 5) is 5.32. The molecule has 0 amide bonds. The van der Waals surface area contributed by atoms with Crippen molar-refractivity contribution in [3.05, 3.63) is 0 Å². The van der Waals surface area contributed by atoms with E-state index < -0.39 is 0 Å². The zero-order valence-corrected chi connectivity index (χ0v) is 13.7. The molecule has 0 bridgehead atoms. The zero-order valence-electron chi connectivity index (χ0n) is 11.3. The first-order valence-corrected chi connectivity index (χ1v) is 6.57. The maximum atomic E-state index is 3.45. The van der Waals surface area contributed by atoms with Gasteiger partial charge in [0.05, 0.1) is 0 Å². The van der Waals surface area contributed by atoms with Crippen molar-refractivity contribution in [2.24, 2.45) is 0 Å². The van der Waals surface area contributed by atoms with Gasteiger partial charge in [-0.2, -0.15) is 0 Å². The largest absolute Gasteiger partial charge is 0.317 e. The van der Waals surface area contributed by atoms with E-state index in [-0.39, 0.29) is 37.2 Å². The number of piperazine rings is 1. The van der Waals surface area contributed by atoms with E-state index >= 15 is 0 Å². The molecule has 0 spiro atoms. The quantitative estimate of drug-likeness (QED) is 0.858. The summed E-state index contributed by atoms with van der Waals surface area (Å²) in [5, 5.41) is 3.45. The molecule has 0 aromatic heterocycles. The van der Waals surface area contributed by atoms with Gasteiger partial charge in [0.15, 0.2) is 0 Å². The molecule has 2 rings (SSSR count). The Bertz CT molecular complexity index is 181. The maximum Gasteiger partial charge on any atom is 0.0120 e. The highest BCUT2D eigenvalue weighted by atomic mass is 35.5. The SMILES string of the molecule is CCCN1CCN(C2CCNCC2)CC1.Cl.Cl.Cl. The molecule has 2 fully saturated rings. The molecule has 2 saturated heterocycles. The third kappa shape index (κ3) is 6.27. The average molecular weight is 321 g/mol. The van der Waals surface area contributed by atoms with Crippen LogP contribution in [-0.4, -0.2) is 61.7 Å². The minimum Gasteiger partial charge on any atom is -0.317 e. The highest BCUT2D eigenvalue weighted by Gasteiger charge is 2.24. The predicted octanol–water partition coefficient (Wildman–Crippen LogP) is 2.03. The zero-order chi connectivity index (χ0) is 10.5. The molecule has 0 radical (unpaired) electrons. The third-order valence-corrected chi connectivity index (χ3v) is 3.77. The molecule has 0 atom stereocenters. The normalized spacial score (nSPS) is 22.5. The first-order chi connectivity index (χ1) is 7.40. The number of hydrogen-bond donors (Lipinski definition) is 1. The maximum absolute atomic E-state index is 3.45. The summed E-state index contributed by atoms with van der Waals surface area (Å²) in [5.41, 5.74) is 0. The Morgan fingerprint density at radius 1 is 0.944 bits per heavy atom. The lowest BCUT2D eigenvalue weighted by molar-refractivity contribution is 0.0821. The molecule has 18 heavy (non-hydrogen) atoms. The van der Waals surface area contributed by atoms with Crippen LogP contribution in [0.15, 0.2) is 0 Å². The van der Waals surface area contributed by atoms with Crippen LogP contribution in [0.2, 0.25) is 0 Å². The fraction of sp³-hybridized carbons (Fsp3) is 1.00. The third-order valence-electron chi connectivity index (χ3n) is 3.77. The number of piperidine rings is 1. The van der Waals surface area contributed by atoms with Gasteiger partial charge in [0.1, 0.15) is 0 Å². The van der Waals surface area contributed by atoms with Crippen LogP contribution in [0.3, 0.4) is 0 Å². The minimum absolute atomic E-state index is 0. The Kier molecular flexibility index (Phi) is 13.5. The van der Waals surface area contributed by atoms with Crippen LogP contribution >= 0.6 is 37.2 Å². The van der Waals surface area contributed by atoms with Crippen molar-refractivity contribution < 1.29 is 0 Å². The van der Waals surface area contributed by atoms with E-state index in [9.17, 15) is 0 Å². The van der Waals surface area contributed by atoms with Gasteiger partial charge in [0.2, 0.25) is 0 Å². The fourth-order valence-corrected chi connectivity index (χ4v) is 2.84. The Morgan fingerprint density at radius 3 is 2.00 bits per heavy atom. The molecule has 3 nitrogen and oxygen atoms in total. The van der Waals surface area contributed by atoms with Crippen LogP contribution < -0.4 is 5.32 Å². The van der Waals surface area contributed by atoms with Crippen molar-refractivity contribution in [3.8, 4) is 0 Å². The molecule has 6 heteroatoms. The monoisotopic (exact) mass is 319 g/mol. The lowest BCUT2D eigenvalue weighted by Crippen LogP contribution is -2.52. The molecular weight excluding hydrogens is 293 g/mol. The first-order valence-electron chi connectivity index (χ1n) is 6.57. The molecule has 2 aliphatic rings. The van der Waals surface area contributed by atoms with Crippen molar-refractivity contribution in [3.63, 3.8) is 0 Å². The van der Waals surface area contributed by atoms with Gasteiger partial charge >= 0.3 is 0 Å². The van der Waals surface area contributed by atoms with E-state index in [1.54, 1.807) is 0 Å². The average Bonchev–Trinajstić information content (AvgIpc) is 2.32. The molecular formula is C12H28Cl3N3. The lowest BCUT2D eigenvalue weighted by atomic mass is 10.0. The standard InChI is InChI=1S/C12H25N3.3ClH/c1-2-7-14-8-10-15(11-9-14)12-3-5-13-6-4-12;;;/h12-13H,2-11H2,1H3;3*1H. The number of rotatable bonds is 3. The Labute approximate surface area is 130 Å². The molecule has 0 unspecified atom stereocenters. The number of halogens is 3. The van der Waals surface area contributed by atoms with Crippen LogP contribution in [0.5, 0.6) is 0 Å². The van der Waals surface area contributed by atoms with E-state index in [1.807, 2.05) is 0 Å². The number of nitrogens with one attached hydrogen (secondary N) is 1. The Hall–Kier alpha value is 0.750. The second-order valence-corrected chi connectivity index (χ2v) is 4.86. The number of nitrogens with zero attached hydrogens (tertiary/aromatic N) is 2. The van der Waals surface area contributed by atoms with Crippen LogP contribution in [-0.2, 0) is 0 Å². The van der Waals surface area contributed by atoms with E-state index in [2.05, 4.69) is 22.0 Å². The van der Waals surface area contributed by atoms with Gasteiger partial charge in [-0.1, -0.05) is 6.92 Å². The summed E-state index contributed by atoms with van der Waals surface area (Å²) >= 11 is 0. The van der Waals surface area contributed by atoms with Gasteiger partial charge in [-0.3, -0.25) is 4.90 Å². The van der Waals surface area contributed by atoms with Crippen LogP contribution in [0.25, 0.3) is 0 Å². The van der Waals surface area contributed by atoms with Gasteiger partial charge in [-0.05, 0) is 38.9 Å². The molecule has 0 aliphatic carbocycles. The summed E-state index contributed by atoms with van der Waals surface area (Å²) in [7, 11) is 0. The Balaban J connectivity index is 0. The van der Waals surface area contributed by atoms with E-state index in [0.717, 1.165) is 6.04 Å².